The van der Waals surface area contributed by atoms with Crippen molar-refractivity contribution in [1.82, 2.24) is 29.7 Å². The van der Waals surface area contributed by atoms with E-state index in [4.69, 9.17) is 10.5 Å². The van der Waals surface area contributed by atoms with Gasteiger partial charge in [0.15, 0.2) is 17.7 Å². The number of hydrogen-bond donors (Lipinski definition) is 5. The summed E-state index contributed by atoms with van der Waals surface area (Å²) in [5.41, 5.74) is 8.71. The average molecular weight is 541 g/mol. The summed E-state index contributed by atoms with van der Waals surface area (Å²) in [6.07, 6.45) is -0.248. The number of nitrogens with two attached hydrogens (primary N) is 1. The maximum Gasteiger partial charge on any atom is 0.319 e. The number of anilines is 2. The molecular weight excluding hydrogens is 500 g/mol. The molecule has 12 heteroatoms. The molecule has 12 nitrogen and oxygen atoms in total. The predicted molar refractivity (Wildman–Crippen MR) is 149 cm³/mol. The number of aliphatic hydroxyl groups excluding tert-OH is 2. The molecule has 0 saturated carbocycles. The number of carbonyl (C=O) groups is 1. The molecule has 1 saturated heterocycles. The van der Waals surface area contributed by atoms with Crippen molar-refractivity contribution >= 4 is 28.7 Å². The van der Waals surface area contributed by atoms with Gasteiger partial charge in [0.2, 0.25) is 0 Å². The van der Waals surface area contributed by atoms with Gasteiger partial charge in [-0.1, -0.05) is 32.9 Å². The highest BCUT2D eigenvalue weighted by atomic mass is 16.6. The Morgan fingerprint density at radius 3 is 2.54 bits per heavy atom. The number of nitrogens with zero attached hydrogens (tertiary/aromatic N) is 5. The van der Waals surface area contributed by atoms with Crippen LogP contribution < -0.4 is 16.4 Å². The zero-order valence-electron chi connectivity index (χ0n) is 23.2. The fraction of sp³-hybridized carbons (Fsp3) is 0.556. The molecule has 6 N–H and O–H groups in total. The number of aliphatic hydroxyl groups is 2. The van der Waals surface area contributed by atoms with E-state index < -0.39 is 24.5 Å². The standard InChI is InChI=1S/C27H40N8O4/c1-16(2)34(12-6-11-29-26(38)33-18-9-7-17(8-10-18)27(3,4)5)13-19-21(36)22(37)25(39-19)35-15-32-20-23(28)30-14-31-24(20)35/h7-10,14-16,19,21-22,25,36-37H,6,11-13H2,1-5H3,(H2,28,30,31)(H2,29,33,38)/t19-,21+,22+,25+/m0/s1. The van der Waals surface area contributed by atoms with Crippen LogP contribution in [0.5, 0.6) is 0 Å². The Kier molecular flexibility index (Phi) is 8.70. The van der Waals surface area contributed by atoms with Crippen molar-refractivity contribution in [2.24, 2.45) is 0 Å². The number of imidazole rings is 1. The molecule has 4 atom stereocenters. The number of nitrogens with one attached hydrogen (secondary N) is 2. The van der Waals surface area contributed by atoms with Crippen LogP contribution in [-0.2, 0) is 10.2 Å². The molecular formula is C27H40N8O4. The summed E-state index contributed by atoms with van der Waals surface area (Å²) in [5.74, 6) is 0.232. The Morgan fingerprint density at radius 2 is 1.87 bits per heavy atom. The van der Waals surface area contributed by atoms with Gasteiger partial charge in [0, 0.05) is 31.4 Å². The van der Waals surface area contributed by atoms with Crippen LogP contribution in [0.1, 0.15) is 52.8 Å². The first-order valence-electron chi connectivity index (χ1n) is 13.3. The van der Waals surface area contributed by atoms with Gasteiger partial charge in [-0.2, -0.15) is 0 Å². The molecule has 2 aromatic heterocycles. The van der Waals surface area contributed by atoms with Crippen LogP contribution in [0.15, 0.2) is 36.9 Å². The van der Waals surface area contributed by atoms with Gasteiger partial charge in [-0.15, -0.1) is 0 Å². The van der Waals surface area contributed by atoms with E-state index in [-0.39, 0.29) is 23.3 Å². The zero-order chi connectivity index (χ0) is 28.3. The third kappa shape index (κ3) is 6.64. The van der Waals surface area contributed by atoms with Crippen LogP contribution in [0, 0.1) is 0 Å². The van der Waals surface area contributed by atoms with Gasteiger partial charge < -0.3 is 31.3 Å². The molecule has 0 aliphatic carbocycles. The topological polar surface area (TPSA) is 164 Å². The number of aromatic nitrogens is 4. The summed E-state index contributed by atoms with van der Waals surface area (Å²) in [5, 5.41) is 27.3. The highest BCUT2D eigenvalue weighted by molar-refractivity contribution is 5.89. The van der Waals surface area contributed by atoms with Crippen molar-refractivity contribution in [2.45, 2.75) is 77.0 Å². The molecule has 1 aliphatic rings. The minimum Gasteiger partial charge on any atom is -0.387 e. The quantitative estimate of drug-likeness (QED) is 0.256. The molecule has 212 valence electrons. The van der Waals surface area contributed by atoms with Crippen molar-refractivity contribution in [3.05, 3.63) is 42.5 Å². The summed E-state index contributed by atoms with van der Waals surface area (Å²) in [6.45, 7) is 12.1. The fourth-order valence-corrected chi connectivity index (χ4v) is 4.67. The van der Waals surface area contributed by atoms with Crippen LogP contribution in [0.2, 0.25) is 0 Å². The molecule has 1 fully saturated rings. The minimum absolute atomic E-state index is 0.0546. The minimum atomic E-state index is -1.17. The highest BCUT2D eigenvalue weighted by Crippen LogP contribution is 2.32. The number of hydrogen-bond acceptors (Lipinski definition) is 9. The van der Waals surface area contributed by atoms with Crippen molar-refractivity contribution in [3.63, 3.8) is 0 Å². The van der Waals surface area contributed by atoms with Crippen molar-refractivity contribution < 1.29 is 19.7 Å². The lowest BCUT2D eigenvalue weighted by Gasteiger charge is -2.30. The predicted octanol–water partition coefficient (Wildman–Crippen LogP) is 2.25. The maximum atomic E-state index is 12.4. The monoisotopic (exact) mass is 540 g/mol. The third-order valence-corrected chi connectivity index (χ3v) is 7.06. The Hall–Kier alpha value is -3.32. The maximum absolute atomic E-state index is 12.4. The molecule has 3 heterocycles. The largest absolute Gasteiger partial charge is 0.387 e. The second-order valence-electron chi connectivity index (χ2n) is 11.3. The van der Waals surface area contributed by atoms with Crippen molar-refractivity contribution in [1.29, 1.82) is 0 Å². The summed E-state index contributed by atoms with van der Waals surface area (Å²) in [6, 6.07) is 7.76. The number of ether oxygens (including phenoxy) is 1. The summed E-state index contributed by atoms with van der Waals surface area (Å²) < 4.78 is 7.67. The first-order chi connectivity index (χ1) is 18.5. The number of amides is 2. The highest BCUT2D eigenvalue weighted by Gasteiger charge is 2.45. The summed E-state index contributed by atoms with van der Waals surface area (Å²) in [7, 11) is 0. The van der Waals surface area contributed by atoms with E-state index in [2.05, 4.69) is 65.1 Å². The number of carbonyl (C=O) groups excluding carboxylic acids is 1. The molecule has 4 rings (SSSR count). The smallest absolute Gasteiger partial charge is 0.319 e. The second-order valence-corrected chi connectivity index (χ2v) is 11.3. The fourth-order valence-electron chi connectivity index (χ4n) is 4.67. The number of urea groups is 1. The molecule has 0 spiro atoms. The Balaban J connectivity index is 1.27. The summed E-state index contributed by atoms with van der Waals surface area (Å²) >= 11 is 0. The van der Waals surface area contributed by atoms with Crippen LogP contribution >= 0.6 is 0 Å². The van der Waals surface area contributed by atoms with Gasteiger partial charge in [0.05, 0.1) is 6.33 Å². The number of fused-ring (bicyclic) bond motifs is 1. The van der Waals surface area contributed by atoms with E-state index in [1.54, 1.807) is 4.57 Å². The molecule has 1 aliphatic heterocycles. The summed E-state index contributed by atoms with van der Waals surface area (Å²) in [4.78, 5) is 26.9. The van der Waals surface area contributed by atoms with Gasteiger partial charge in [0.1, 0.15) is 30.2 Å². The Bertz CT molecular complexity index is 1260. The van der Waals surface area contributed by atoms with Crippen LogP contribution in [0.25, 0.3) is 11.2 Å². The lowest BCUT2D eigenvalue weighted by Crippen LogP contribution is -2.44. The number of rotatable bonds is 9. The molecule has 0 bridgehead atoms. The van der Waals surface area contributed by atoms with E-state index in [0.29, 0.717) is 37.2 Å². The van der Waals surface area contributed by atoms with Crippen molar-refractivity contribution in [3.8, 4) is 0 Å². The number of nitrogen functional groups attached to an aromatic ring is 1. The average Bonchev–Trinajstić information content (AvgIpc) is 3.42. The lowest BCUT2D eigenvalue weighted by molar-refractivity contribution is -0.0468. The lowest BCUT2D eigenvalue weighted by atomic mass is 9.87. The van der Waals surface area contributed by atoms with Gasteiger partial charge in [-0.25, -0.2) is 19.7 Å². The molecule has 1 aromatic carbocycles. The van der Waals surface area contributed by atoms with E-state index in [1.807, 2.05) is 24.3 Å². The van der Waals surface area contributed by atoms with Gasteiger partial charge in [-0.3, -0.25) is 9.47 Å². The van der Waals surface area contributed by atoms with E-state index >= 15 is 0 Å². The van der Waals surface area contributed by atoms with E-state index in [1.165, 1.54) is 18.2 Å². The second kappa shape index (κ2) is 11.8. The molecule has 39 heavy (non-hydrogen) atoms. The first-order valence-corrected chi connectivity index (χ1v) is 13.3. The van der Waals surface area contributed by atoms with Gasteiger partial charge in [-0.05, 0) is 43.4 Å². The molecule has 0 unspecified atom stereocenters. The third-order valence-electron chi connectivity index (χ3n) is 7.06. The zero-order valence-corrected chi connectivity index (χ0v) is 23.2. The molecule has 0 radical (unpaired) electrons. The Morgan fingerprint density at radius 1 is 1.15 bits per heavy atom. The van der Waals surface area contributed by atoms with Crippen molar-refractivity contribution in [2.75, 3.05) is 30.7 Å². The first kappa shape index (κ1) is 28.7. The van der Waals surface area contributed by atoms with Gasteiger partial charge >= 0.3 is 6.03 Å². The number of benzene rings is 1. The van der Waals surface area contributed by atoms with E-state index in [0.717, 1.165) is 5.69 Å². The SMILES string of the molecule is CC(C)N(CCCNC(=O)Nc1ccc(C(C)(C)C)cc1)C[C@@H]1O[C@@H](n2cnc3c(N)ncnc32)[C@H](O)[C@@H]1O. The van der Waals surface area contributed by atoms with E-state index in [9.17, 15) is 15.0 Å². The van der Waals surface area contributed by atoms with Crippen LogP contribution in [-0.4, -0.2) is 84.7 Å². The molecule has 3 aromatic rings. The van der Waals surface area contributed by atoms with Crippen LogP contribution in [0.4, 0.5) is 16.3 Å². The van der Waals surface area contributed by atoms with Crippen LogP contribution in [0.3, 0.4) is 0 Å². The molecule has 2 amide bonds. The van der Waals surface area contributed by atoms with Gasteiger partial charge in [0.25, 0.3) is 0 Å². The Labute approximate surface area is 228 Å². The normalized spacial score (nSPS) is 21.7.